The fourth-order valence-electron chi connectivity index (χ4n) is 2.41. The SMILES string of the molecule is COc1cc(I)c(C(=O)N(C)c2cccc(C(C)C)c2)cc1OC. The summed E-state index contributed by atoms with van der Waals surface area (Å²) in [5.74, 6) is 1.49. The summed E-state index contributed by atoms with van der Waals surface area (Å²) in [5.41, 5.74) is 2.66. The number of benzene rings is 2. The van der Waals surface area contributed by atoms with Gasteiger partial charge in [0, 0.05) is 16.3 Å². The van der Waals surface area contributed by atoms with Crippen LogP contribution in [-0.4, -0.2) is 27.2 Å². The average Bonchev–Trinajstić information content (AvgIpc) is 2.60. The standard InChI is InChI=1S/C19H22INO3/c1-12(2)13-7-6-8-14(9-13)21(3)19(22)15-10-17(23-4)18(24-5)11-16(15)20/h6-12H,1-5H3. The van der Waals surface area contributed by atoms with Crippen LogP contribution in [0.1, 0.15) is 35.7 Å². The summed E-state index contributed by atoms with van der Waals surface area (Å²) in [6.07, 6.45) is 0. The smallest absolute Gasteiger partial charge is 0.259 e. The van der Waals surface area contributed by atoms with E-state index >= 15 is 0 Å². The Kier molecular flexibility index (Phi) is 6.10. The molecular weight excluding hydrogens is 417 g/mol. The minimum atomic E-state index is -0.0822. The highest BCUT2D eigenvalue weighted by atomic mass is 127. The van der Waals surface area contributed by atoms with E-state index in [1.807, 2.05) is 18.2 Å². The Morgan fingerprint density at radius 1 is 1.08 bits per heavy atom. The van der Waals surface area contributed by atoms with Gasteiger partial charge in [0.05, 0.1) is 19.8 Å². The first kappa shape index (κ1) is 18.6. The average molecular weight is 439 g/mol. The van der Waals surface area contributed by atoms with Crippen molar-refractivity contribution in [2.45, 2.75) is 19.8 Å². The second-order valence-corrected chi connectivity index (χ2v) is 6.96. The lowest BCUT2D eigenvalue weighted by molar-refractivity contribution is 0.0991. The molecule has 0 fully saturated rings. The number of nitrogens with zero attached hydrogens (tertiary/aromatic N) is 1. The van der Waals surface area contributed by atoms with Crippen LogP contribution in [0.15, 0.2) is 36.4 Å². The summed E-state index contributed by atoms with van der Waals surface area (Å²) in [5, 5.41) is 0. The minimum absolute atomic E-state index is 0.0822. The molecule has 0 aliphatic heterocycles. The first-order chi connectivity index (χ1) is 11.4. The van der Waals surface area contributed by atoms with Gasteiger partial charge in [-0.15, -0.1) is 0 Å². The third-order valence-corrected chi connectivity index (χ3v) is 4.82. The molecule has 0 saturated heterocycles. The van der Waals surface area contributed by atoms with Gasteiger partial charge in [0.2, 0.25) is 0 Å². The molecule has 24 heavy (non-hydrogen) atoms. The van der Waals surface area contributed by atoms with E-state index < -0.39 is 0 Å². The highest BCUT2D eigenvalue weighted by Gasteiger charge is 2.20. The normalized spacial score (nSPS) is 10.6. The van der Waals surface area contributed by atoms with Gasteiger partial charge in [-0.1, -0.05) is 26.0 Å². The number of amides is 1. The van der Waals surface area contributed by atoms with E-state index in [0.29, 0.717) is 23.0 Å². The minimum Gasteiger partial charge on any atom is -0.493 e. The van der Waals surface area contributed by atoms with Crippen molar-refractivity contribution in [2.75, 3.05) is 26.2 Å². The topological polar surface area (TPSA) is 38.8 Å². The molecule has 0 aliphatic rings. The third-order valence-electron chi connectivity index (χ3n) is 3.93. The quantitative estimate of drug-likeness (QED) is 0.634. The maximum absolute atomic E-state index is 12.9. The molecule has 0 aromatic heterocycles. The van der Waals surface area contributed by atoms with Crippen molar-refractivity contribution < 1.29 is 14.3 Å². The lowest BCUT2D eigenvalue weighted by Gasteiger charge is -2.20. The predicted molar refractivity (Wildman–Crippen MR) is 106 cm³/mol. The van der Waals surface area contributed by atoms with E-state index in [0.717, 1.165) is 9.26 Å². The molecule has 128 valence electrons. The summed E-state index contributed by atoms with van der Waals surface area (Å²) in [6.45, 7) is 4.27. The maximum Gasteiger partial charge on any atom is 0.259 e. The number of hydrogen-bond donors (Lipinski definition) is 0. The molecule has 2 aromatic carbocycles. The first-order valence-corrected chi connectivity index (χ1v) is 8.76. The molecule has 2 rings (SSSR count). The maximum atomic E-state index is 12.9. The van der Waals surface area contributed by atoms with Gasteiger partial charge in [0.25, 0.3) is 5.91 Å². The molecule has 0 bridgehead atoms. The fraction of sp³-hybridized carbons (Fsp3) is 0.316. The molecule has 1 amide bonds. The van der Waals surface area contributed by atoms with Crippen molar-refractivity contribution in [1.82, 2.24) is 0 Å². The summed E-state index contributed by atoms with van der Waals surface area (Å²) in [6, 6.07) is 11.6. The molecule has 5 heteroatoms. The van der Waals surface area contributed by atoms with Crippen LogP contribution in [0.5, 0.6) is 11.5 Å². The van der Waals surface area contributed by atoms with Crippen LogP contribution in [0.25, 0.3) is 0 Å². The number of halogens is 1. The van der Waals surface area contributed by atoms with Gasteiger partial charge in [-0.3, -0.25) is 4.79 Å². The van der Waals surface area contributed by atoms with Gasteiger partial charge < -0.3 is 14.4 Å². The molecule has 0 spiro atoms. The Morgan fingerprint density at radius 2 is 1.71 bits per heavy atom. The van der Waals surface area contributed by atoms with Crippen LogP contribution in [0.3, 0.4) is 0 Å². The van der Waals surface area contributed by atoms with Crippen molar-refractivity contribution in [3.8, 4) is 11.5 Å². The van der Waals surface area contributed by atoms with Gasteiger partial charge in [0.15, 0.2) is 11.5 Å². The van der Waals surface area contributed by atoms with Crippen molar-refractivity contribution in [1.29, 1.82) is 0 Å². The molecule has 0 radical (unpaired) electrons. The van der Waals surface area contributed by atoms with E-state index in [1.165, 1.54) is 5.56 Å². The van der Waals surface area contributed by atoms with Crippen molar-refractivity contribution in [3.05, 3.63) is 51.1 Å². The Labute approximate surface area is 156 Å². The van der Waals surface area contributed by atoms with Crippen molar-refractivity contribution in [2.24, 2.45) is 0 Å². The second kappa shape index (κ2) is 7.88. The zero-order chi connectivity index (χ0) is 17.9. The molecule has 0 unspecified atom stereocenters. The monoisotopic (exact) mass is 439 g/mol. The second-order valence-electron chi connectivity index (χ2n) is 5.80. The molecule has 0 atom stereocenters. The molecule has 0 saturated carbocycles. The molecule has 4 nitrogen and oxygen atoms in total. The number of carbonyl (C=O) groups excluding carboxylic acids is 1. The van der Waals surface area contributed by atoms with E-state index in [9.17, 15) is 4.79 Å². The highest BCUT2D eigenvalue weighted by molar-refractivity contribution is 14.1. The molecular formula is C19H22INO3. The van der Waals surface area contributed by atoms with Crippen LogP contribution in [0.4, 0.5) is 5.69 Å². The number of anilines is 1. The first-order valence-electron chi connectivity index (χ1n) is 7.68. The molecule has 0 N–H and O–H groups in total. The van der Waals surface area contributed by atoms with Gasteiger partial charge in [-0.25, -0.2) is 0 Å². The number of carbonyl (C=O) groups is 1. The van der Waals surface area contributed by atoms with E-state index in [1.54, 1.807) is 32.2 Å². The highest BCUT2D eigenvalue weighted by Crippen LogP contribution is 2.32. The number of rotatable bonds is 5. The third kappa shape index (κ3) is 3.83. The summed E-state index contributed by atoms with van der Waals surface area (Å²) in [7, 11) is 4.93. The van der Waals surface area contributed by atoms with Gasteiger partial charge in [-0.2, -0.15) is 0 Å². The van der Waals surface area contributed by atoms with Gasteiger partial charge in [-0.05, 0) is 58.3 Å². The van der Waals surface area contributed by atoms with E-state index in [2.05, 4.69) is 48.6 Å². The van der Waals surface area contributed by atoms with Crippen LogP contribution in [0.2, 0.25) is 0 Å². The fourth-order valence-corrected chi connectivity index (χ4v) is 3.08. The molecule has 2 aromatic rings. The zero-order valence-electron chi connectivity index (χ0n) is 14.6. The zero-order valence-corrected chi connectivity index (χ0v) is 16.7. The van der Waals surface area contributed by atoms with Gasteiger partial charge >= 0.3 is 0 Å². The number of hydrogen-bond acceptors (Lipinski definition) is 3. The lowest BCUT2D eigenvalue weighted by atomic mass is 10.0. The van der Waals surface area contributed by atoms with E-state index in [4.69, 9.17) is 9.47 Å². The van der Waals surface area contributed by atoms with Crippen LogP contribution in [-0.2, 0) is 0 Å². The van der Waals surface area contributed by atoms with Crippen LogP contribution in [0, 0.1) is 3.57 Å². The Bertz CT molecular complexity index is 743. The Morgan fingerprint density at radius 3 is 2.29 bits per heavy atom. The predicted octanol–water partition coefficient (Wildman–Crippen LogP) is 4.71. The van der Waals surface area contributed by atoms with Crippen molar-refractivity contribution >= 4 is 34.2 Å². The summed E-state index contributed by atoms with van der Waals surface area (Å²) in [4.78, 5) is 14.6. The molecule has 0 heterocycles. The Hall–Kier alpha value is -1.76. The van der Waals surface area contributed by atoms with Crippen LogP contribution < -0.4 is 14.4 Å². The molecule has 0 aliphatic carbocycles. The lowest BCUT2D eigenvalue weighted by Crippen LogP contribution is -2.27. The van der Waals surface area contributed by atoms with Gasteiger partial charge in [0.1, 0.15) is 0 Å². The van der Waals surface area contributed by atoms with Crippen molar-refractivity contribution in [3.63, 3.8) is 0 Å². The number of methoxy groups -OCH3 is 2. The summed E-state index contributed by atoms with van der Waals surface area (Å²) < 4.78 is 11.4. The number of ether oxygens (including phenoxy) is 2. The largest absolute Gasteiger partial charge is 0.493 e. The van der Waals surface area contributed by atoms with Crippen LogP contribution >= 0.6 is 22.6 Å². The summed E-state index contributed by atoms with van der Waals surface area (Å²) >= 11 is 2.14. The Balaban J connectivity index is 2.39. The van der Waals surface area contributed by atoms with E-state index in [-0.39, 0.29) is 5.91 Å².